The maximum Gasteiger partial charge on any atom is 0.324 e. The molecule has 1 atom stereocenters. The Kier molecular flexibility index (Phi) is 4.83. The molecule has 0 spiro atoms. The van der Waals surface area contributed by atoms with Crippen molar-refractivity contribution in [3.05, 3.63) is 29.8 Å². The van der Waals surface area contributed by atoms with Crippen LogP contribution in [0.4, 0.5) is 4.79 Å². The van der Waals surface area contributed by atoms with Crippen LogP contribution in [-0.4, -0.2) is 36.5 Å². The zero-order chi connectivity index (χ0) is 15.4. The molecule has 0 aliphatic carbocycles. The van der Waals surface area contributed by atoms with Gasteiger partial charge in [0.25, 0.3) is 5.91 Å². The molecule has 0 radical (unpaired) electrons. The summed E-state index contributed by atoms with van der Waals surface area (Å²) in [6, 6.07) is 7.13. The van der Waals surface area contributed by atoms with Crippen molar-refractivity contribution in [1.82, 2.24) is 10.2 Å². The minimum Gasteiger partial charge on any atom is -0.496 e. The highest BCUT2D eigenvalue weighted by molar-refractivity contribution is 6.04. The second-order valence-electron chi connectivity index (χ2n) is 5.58. The Morgan fingerprint density at radius 1 is 1.29 bits per heavy atom. The quantitative estimate of drug-likeness (QED) is 0.817. The van der Waals surface area contributed by atoms with E-state index in [1.54, 1.807) is 7.11 Å². The van der Waals surface area contributed by atoms with E-state index in [0.717, 1.165) is 24.2 Å². The third-order valence-corrected chi connectivity index (χ3v) is 3.74. The van der Waals surface area contributed by atoms with Gasteiger partial charge in [-0.1, -0.05) is 32.0 Å². The second kappa shape index (κ2) is 6.61. The standard InChI is InChI=1S/C16H22N2O3/c1-11(2)14-15(19)18(16(20)17-14)10-6-8-12-7-4-5-9-13(12)21-3/h4-5,7,9,11,14H,6,8,10H2,1-3H3,(H,17,20)/t14-/m0/s1. The minimum atomic E-state index is -0.385. The molecule has 5 heteroatoms. The van der Waals surface area contributed by atoms with Crippen LogP contribution < -0.4 is 10.1 Å². The number of nitrogens with zero attached hydrogens (tertiary/aromatic N) is 1. The van der Waals surface area contributed by atoms with Crippen molar-refractivity contribution >= 4 is 11.9 Å². The highest BCUT2D eigenvalue weighted by Crippen LogP contribution is 2.20. The Labute approximate surface area is 125 Å². The van der Waals surface area contributed by atoms with Gasteiger partial charge in [0.05, 0.1) is 7.11 Å². The van der Waals surface area contributed by atoms with Crippen molar-refractivity contribution in [2.45, 2.75) is 32.7 Å². The van der Waals surface area contributed by atoms with Crippen molar-refractivity contribution in [2.24, 2.45) is 5.92 Å². The number of methoxy groups -OCH3 is 1. The number of amides is 3. The van der Waals surface area contributed by atoms with E-state index < -0.39 is 0 Å². The molecule has 21 heavy (non-hydrogen) atoms. The number of hydrogen-bond donors (Lipinski definition) is 1. The van der Waals surface area contributed by atoms with E-state index in [1.807, 2.05) is 38.1 Å². The monoisotopic (exact) mass is 290 g/mol. The van der Waals surface area contributed by atoms with Crippen LogP contribution in [0.2, 0.25) is 0 Å². The lowest BCUT2D eigenvalue weighted by molar-refractivity contribution is -0.128. The van der Waals surface area contributed by atoms with Crippen LogP contribution in [-0.2, 0) is 11.2 Å². The van der Waals surface area contributed by atoms with Crippen LogP contribution in [0.25, 0.3) is 0 Å². The van der Waals surface area contributed by atoms with Crippen molar-refractivity contribution in [2.75, 3.05) is 13.7 Å². The molecule has 1 saturated heterocycles. The number of carbonyl (C=O) groups is 2. The first-order chi connectivity index (χ1) is 10.0. The number of urea groups is 1. The molecule has 1 N–H and O–H groups in total. The number of imide groups is 1. The molecule has 1 fully saturated rings. The third-order valence-electron chi connectivity index (χ3n) is 3.74. The number of para-hydroxylation sites is 1. The SMILES string of the molecule is COc1ccccc1CCCN1C(=O)N[C@@H](C(C)C)C1=O. The van der Waals surface area contributed by atoms with Gasteiger partial charge >= 0.3 is 6.03 Å². The van der Waals surface area contributed by atoms with Crippen LogP contribution in [0.15, 0.2) is 24.3 Å². The number of aryl methyl sites for hydroxylation is 1. The maximum atomic E-state index is 12.1. The van der Waals surface area contributed by atoms with Gasteiger partial charge in [-0.2, -0.15) is 0 Å². The summed E-state index contributed by atoms with van der Waals surface area (Å²) in [5.41, 5.74) is 1.09. The summed E-state index contributed by atoms with van der Waals surface area (Å²) in [4.78, 5) is 25.3. The molecule has 0 saturated carbocycles. The van der Waals surface area contributed by atoms with Crippen LogP contribution in [0, 0.1) is 5.92 Å². The Hall–Kier alpha value is -2.04. The molecule has 1 aromatic carbocycles. The third kappa shape index (κ3) is 3.35. The van der Waals surface area contributed by atoms with E-state index in [4.69, 9.17) is 4.74 Å². The summed E-state index contributed by atoms with van der Waals surface area (Å²) >= 11 is 0. The lowest BCUT2D eigenvalue weighted by Crippen LogP contribution is -2.35. The summed E-state index contributed by atoms with van der Waals surface area (Å²) in [5.74, 6) is 0.838. The number of nitrogens with one attached hydrogen (secondary N) is 1. The highest BCUT2D eigenvalue weighted by atomic mass is 16.5. The molecule has 2 rings (SSSR count). The van der Waals surface area contributed by atoms with Gasteiger partial charge in [-0.25, -0.2) is 4.79 Å². The smallest absolute Gasteiger partial charge is 0.324 e. The van der Waals surface area contributed by atoms with Crippen molar-refractivity contribution in [1.29, 1.82) is 0 Å². The summed E-state index contributed by atoms with van der Waals surface area (Å²) in [6.45, 7) is 4.30. The highest BCUT2D eigenvalue weighted by Gasteiger charge is 2.38. The molecular weight excluding hydrogens is 268 g/mol. The first-order valence-corrected chi connectivity index (χ1v) is 7.28. The van der Waals surface area contributed by atoms with E-state index in [-0.39, 0.29) is 23.9 Å². The molecule has 0 unspecified atom stereocenters. The number of benzene rings is 1. The number of ether oxygens (including phenoxy) is 1. The van der Waals surface area contributed by atoms with Crippen molar-refractivity contribution in [3.63, 3.8) is 0 Å². The second-order valence-corrected chi connectivity index (χ2v) is 5.58. The van der Waals surface area contributed by atoms with Crippen LogP contribution >= 0.6 is 0 Å². The van der Waals surface area contributed by atoms with E-state index >= 15 is 0 Å². The minimum absolute atomic E-state index is 0.112. The van der Waals surface area contributed by atoms with Gasteiger partial charge in [-0.15, -0.1) is 0 Å². The molecule has 0 bridgehead atoms. The summed E-state index contributed by atoms with van der Waals surface area (Å²) < 4.78 is 5.30. The van der Waals surface area contributed by atoms with Gasteiger partial charge < -0.3 is 10.1 Å². The Bertz CT molecular complexity index is 528. The van der Waals surface area contributed by atoms with Gasteiger partial charge in [0.1, 0.15) is 11.8 Å². The van der Waals surface area contributed by atoms with Gasteiger partial charge in [0.15, 0.2) is 0 Å². The Morgan fingerprint density at radius 3 is 2.62 bits per heavy atom. The molecule has 1 aliphatic rings. The molecule has 3 amide bonds. The van der Waals surface area contributed by atoms with Crippen molar-refractivity contribution < 1.29 is 14.3 Å². The first-order valence-electron chi connectivity index (χ1n) is 7.28. The largest absolute Gasteiger partial charge is 0.496 e. The van der Waals surface area contributed by atoms with E-state index in [0.29, 0.717) is 6.54 Å². The van der Waals surface area contributed by atoms with Gasteiger partial charge in [-0.3, -0.25) is 9.69 Å². The molecule has 0 aromatic heterocycles. The predicted molar refractivity (Wildman–Crippen MR) is 80.2 cm³/mol. The topological polar surface area (TPSA) is 58.6 Å². The molecule has 1 aliphatic heterocycles. The van der Waals surface area contributed by atoms with E-state index in [9.17, 15) is 9.59 Å². The van der Waals surface area contributed by atoms with Gasteiger partial charge in [0.2, 0.25) is 0 Å². The summed E-state index contributed by atoms with van der Waals surface area (Å²) in [5, 5.41) is 2.74. The van der Waals surface area contributed by atoms with Crippen LogP contribution in [0.5, 0.6) is 5.75 Å². The Balaban J connectivity index is 1.92. The van der Waals surface area contributed by atoms with Crippen molar-refractivity contribution in [3.8, 4) is 5.75 Å². The fourth-order valence-corrected chi connectivity index (χ4v) is 2.54. The predicted octanol–water partition coefficient (Wildman–Crippen LogP) is 2.20. The molecule has 1 heterocycles. The number of hydrogen-bond acceptors (Lipinski definition) is 3. The van der Waals surface area contributed by atoms with Gasteiger partial charge in [0, 0.05) is 6.54 Å². The zero-order valence-electron chi connectivity index (χ0n) is 12.8. The lowest BCUT2D eigenvalue weighted by atomic mass is 10.0. The lowest BCUT2D eigenvalue weighted by Gasteiger charge is -2.15. The normalized spacial score (nSPS) is 18.3. The van der Waals surface area contributed by atoms with E-state index in [1.165, 1.54) is 4.90 Å². The van der Waals surface area contributed by atoms with E-state index in [2.05, 4.69) is 5.32 Å². The summed E-state index contributed by atoms with van der Waals surface area (Å²) in [6.07, 6.45) is 1.50. The fourth-order valence-electron chi connectivity index (χ4n) is 2.54. The van der Waals surface area contributed by atoms with Gasteiger partial charge in [-0.05, 0) is 30.4 Å². The maximum absolute atomic E-state index is 12.1. The average molecular weight is 290 g/mol. The van der Waals surface area contributed by atoms with Crippen LogP contribution in [0.1, 0.15) is 25.8 Å². The molecular formula is C16H22N2O3. The average Bonchev–Trinajstić information content (AvgIpc) is 2.75. The number of rotatable bonds is 6. The fraction of sp³-hybridized carbons (Fsp3) is 0.500. The molecule has 5 nitrogen and oxygen atoms in total. The summed E-state index contributed by atoms with van der Waals surface area (Å²) in [7, 11) is 1.64. The number of carbonyl (C=O) groups excluding carboxylic acids is 2. The molecule has 114 valence electrons. The molecule has 1 aromatic rings. The zero-order valence-corrected chi connectivity index (χ0v) is 12.8. The van der Waals surface area contributed by atoms with Crippen LogP contribution in [0.3, 0.4) is 0 Å². The Morgan fingerprint density at radius 2 is 2.00 bits per heavy atom. The first kappa shape index (κ1) is 15.4.